The van der Waals surface area contributed by atoms with E-state index in [2.05, 4.69) is 15.0 Å². The van der Waals surface area contributed by atoms with Gasteiger partial charge in [-0.1, -0.05) is 0 Å². The van der Waals surface area contributed by atoms with Crippen LogP contribution in [0.25, 0.3) is 22.3 Å². The summed E-state index contributed by atoms with van der Waals surface area (Å²) in [5, 5.41) is 0. The fourth-order valence-electron chi connectivity index (χ4n) is 4.46. The van der Waals surface area contributed by atoms with E-state index in [1.165, 1.54) is 12.1 Å². The van der Waals surface area contributed by atoms with Crippen LogP contribution >= 0.6 is 0 Å². The van der Waals surface area contributed by atoms with Crippen LogP contribution in [0, 0.1) is 18.6 Å². The molecule has 34 heavy (non-hydrogen) atoms. The first-order valence-corrected chi connectivity index (χ1v) is 11.6. The van der Waals surface area contributed by atoms with Gasteiger partial charge in [0.05, 0.1) is 29.5 Å². The Labute approximate surface area is 197 Å². The molecule has 1 aliphatic carbocycles. The number of aryl methyl sites for hydroxylation is 1. The molecule has 1 aromatic carbocycles. The van der Waals surface area contributed by atoms with E-state index in [9.17, 15) is 8.78 Å². The zero-order valence-electron chi connectivity index (χ0n) is 19.2. The minimum Gasteiger partial charge on any atom is -0.404 e. The van der Waals surface area contributed by atoms with Gasteiger partial charge in [-0.25, -0.2) is 18.7 Å². The highest BCUT2D eigenvalue weighted by Crippen LogP contribution is 2.37. The molecule has 3 heterocycles. The number of ether oxygens (including phenoxy) is 1. The maximum absolute atomic E-state index is 14.8. The van der Waals surface area contributed by atoms with E-state index >= 15 is 0 Å². The topological polar surface area (TPSA) is 86.3 Å². The number of halogens is 2. The van der Waals surface area contributed by atoms with Crippen molar-refractivity contribution in [2.75, 3.05) is 0 Å². The summed E-state index contributed by atoms with van der Waals surface area (Å²) in [7, 11) is 0. The molecular formula is C26H27F2N5O. The van der Waals surface area contributed by atoms with Crippen LogP contribution in [0.3, 0.4) is 0 Å². The van der Waals surface area contributed by atoms with E-state index in [4.69, 9.17) is 15.5 Å². The predicted octanol–water partition coefficient (Wildman–Crippen LogP) is 5.01. The molecule has 3 atom stereocenters. The van der Waals surface area contributed by atoms with Crippen molar-refractivity contribution < 1.29 is 13.5 Å². The van der Waals surface area contributed by atoms with Gasteiger partial charge in [-0.15, -0.1) is 0 Å². The minimum absolute atomic E-state index is 0.0277. The third-order valence-electron chi connectivity index (χ3n) is 6.33. The molecule has 2 aliphatic rings. The van der Waals surface area contributed by atoms with Gasteiger partial charge >= 0.3 is 0 Å². The molecule has 1 saturated heterocycles. The second-order valence-electron chi connectivity index (χ2n) is 9.18. The Bertz CT molecular complexity index is 1290. The largest absolute Gasteiger partial charge is 0.404 e. The Balaban J connectivity index is 1.56. The third-order valence-corrected chi connectivity index (χ3v) is 6.33. The summed E-state index contributed by atoms with van der Waals surface area (Å²) >= 11 is 0. The number of nitrogens with two attached hydrogens (primary N) is 1. The number of aliphatic imine (C=N–C) groups is 1. The molecule has 6 nitrogen and oxygen atoms in total. The highest BCUT2D eigenvalue weighted by Gasteiger charge is 2.32. The van der Waals surface area contributed by atoms with Crippen molar-refractivity contribution in [2.24, 2.45) is 10.7 Å². The number of fused-ring (bicyclic) bond motifs is 1. The normalized spacial score (nSPS) is 23.6. The molecular weight excluding hydrogens is 436 g/mol. The van der Waals surface area contributed by atoms with Crippen molar-refractivity contribution in [3.63, 3.8) is 0 Å². The average Bonchev–Trinajstić information content (AvgIpc) is 3.63. The van der Waals surface area contributed by atoms with Crippen molar-refractivity contribution in [1.29, 1.82) is 0 Å². The van der Waals surface area contributed by atoms with E-state index in [-0.39, 0.29) is 23.7 Å². The summed E-state index contributed by atoms with van der Waals surface area (Å²) in [5.74, 6) is -1.29. The molecule has 176 valence electrons. The number of nitrogens with zero attached hydrogens (tertiary/aromatic N) is 4. The van der Waals surface area contributed by atoms with Gasteiger partial charge < -0.3 is 10.5 Å². The zero-order chi connectivity index (χ0) is 23.8. The summed E-state index contributed by atoms with van der Waals surface area (Å²) in [6.45, 7) is 3.88. The Kier molecular flexibility index (Phi) is 6.08. The quantitative estimate of drug-likeness (QED) is 0.538. The zero-order valence-corrected chi connectivity index (χ0v) is 19.2. The molecule has 0 unspecified atom stereocenters. The van der Waals surface area contributed by atoms with Gasteiger partial charge in [0.25, 0.3) is 0 Å². The molecule has 0 bridgehead atoms. The van der Waals surface area contributed by atoms with Gasteiger partial charge in [-0.2, -0.15) is 0 Å². The van der Waals surface area contributed by atoms with Gasteiger partial charge in [-0.3, -0.25) is 9.98 Å². The van der Waals surface area contributed by atoms with Crippen LogP contribution in [-0.4, -0.2) is 39.4 Å². The highest BCUT2D eigenvalue weighted by molar-refractivity contribution is 5.89. The second kappa shape index (κ2) is 9.18. The van der Waals surface area contributed by atoms with Crippen molar-refractivity contribution in [3.05, 3.63) is 65.3 Å². The number of rotatable bonds is 5. The maximum Gasteiger partial charge on any atom is 0.135 e. The molecule has 5 rings (SSSR count). The molecule has 1 aliphatic heterocycles. The lowest BCUT2D eigenvalue weighted by molar-refractivity contribution is -0.0266. The molecule has 1 saturated carbocycles. The van der Waals surface area contributed by atoms with Gasteiger partial charge in [0.1, 0.15) is 22.8 Å². The van der Waals surface area contributed by atoms with Crippen LogP contribution < -0.4 is 5.73 Å². The molecule has 0 radical (unpaired) electrons. The Morgan fingerprint density at radius 1 is 1.18 bits per heavy atom. The monoisotopic (exact) mass is 463 g/mol. The number of aromatic nitrogens is 3. The fourth-order valence-corrected chi connectivity index (χ4v) is 4.46. The minimum atomic E-state index is -0.684. The van der Waals surface area contributed by atoms with Gasteiger partial charge in [-0.05, 0) is 57.7 Å². The van der Waals surface area contributed by atoms with E-state index < -0.39 is 11.6 Å². The number of hydrogen-bond donors (Lipinski definition) is 1. The first kappa shape index (κ1) is 22.5. The van der Waals surface area contributed by atoms with Gasteiger partial charge in [0, 0.05) is 47.4 Å². The lowest BCUT2D eigenvalue weighted by Crippen LogP contribution is -2.32. The van der Waals surface area contributed by atoms with Crippen LogP contribution in [-0.2, 0) is 4.74 Å². The van der Waals surface area contributed by atoms with E-state index in [1.807, 2.05) is 26.1 Å². The fraction of sp³-hybridized carbons (Fsp3) is 0.385. The smallest absolute Gasteiger partial charge is 0.135 e. The van der Waals surface area contributed by atoms with E-state index in [0.29, 0.717) is 29.2 Å². The van der Waals surface area contributed by atoms with Crippen LogP contribution in [0.4, 0.5) is 8.78 Å². The molecule has 2 aromatic heterocycles. The molecule has 0 amide bonds. The molecule has 2 N–H and O–H groups in total. The van der Waals surface area contributed by atoms with Crippen molar-refractivity contribution in [2.45, 2.75) is 63.7 Å². The Hall–Kier alpha value is -3.26. The number of hydrogen-bond acceptors (Lipinski definition) is 6. The lowest BCUT2D eigenvalue weighted by atomic mass is 9.86. The van der Waals surface area contributed by atoms with Crippen LogP contribution in [0.5, 0.6) is 0 Å². The van der Waals surface area contributed by atoms with Crippen molar-refractivity contribution in [1.82, 2.24) is 15.0 Å². The van der Waals surface area contributed by atoms with Crippen molar-refractivity contribution >= 4 is 17.2 Å². The first-order chi connectivity index (χ1) is 16.4. The van der Waals surface area contributed by atoms with E-state index in [1.54, 1.807) is 12.4 Å². The van der Waals surface area contributed by atoms with E-state index in [0.717, 1.165) is 42.3 Å². The SMILES string of the molecule is Cc1cnc2c(-c3ccc(F)cc3F)nc([C@H]3C[C@H](C)O[C@@H](/C(C=NC4CC4)=C/N)C3)cc2n1. The summed E-state index contributed by atoms with van der Waals surface area (Å²) < 4.78 is 34.5. The Morgan fingerprint density at radius 3 is 2.74 bits per heavy atom. The van der Waals surface area contributed by atoms with Gasteiger partial charge in [0.2, 0.25) is 0 Å². The number of pyridine rings is 1. The van der Waals surface area contributed by atoms with Crippen molar-refractivity contribution in [3.8, 4) is 11.3 Å². The summed E-state index contributed by atoms with van der Waals surface area (Å²) in [4.78, 5) is 18.5. The highest BCUT2D eigenvalue weighted by atomic mass is 19.1. The Morgan fingerprint density at radius 2 is 2.00 bits per heavy atom. The summed E-state index contributed by atoms with van der Waals surface area (Å²) in [6.07, 6.45) is 8.41. The van der Waals surface area contributed by atoms with Gasteiger partial charge in [0.15, 0.2) is 0 Å². The summed E-state index contributed by atoms with van der Waals surface area (Å²) in [6, 6.07) is 5.80. The van der Waals surface area contributed by atoms with Crippen LogP contribution in [0.15, 0.2) is 47.2 Å². The molecule has 3 aromatic rings. The third kappa shape index (κ3) is 4.68. The van der Waals surface area contributed by atoms with Crippen LogP contribution in [0.2, 0.25) is 0 Å². The lowest BCUT2D eigenvalue weighted by Gasteiger charge is -2.34. The molecule has 0 spiro atoms. The molecule has 2 fully saturated rings. The predicted molar refractivity (Wildman–Crippen MR) is 128 cm³/mol. The summed E-state index contributed by atoms with van der Waals surface area (Å²) in [5.41, 5.74) is 9.97. The standard InChI is InChI=1S/C26H27F2N5O/c1-14-12-31-26-23(32-14)10-22(33-25(26)20-6-3-18(27)9-21(20)28)16-7-15(2)34-24(8-16)17(11-29)13-30-19-4-5-19/h3,6,9-13,15-16,19,24H,4-5,7-8,29H2,1-2H3/b17-11+,30-13?/t15-,16-,24+/m0/s1. The maximum atomic E-state index is 14.8. The number of benzene rings is 1. The first-order valence-electron chi connectivity index (χ1n) is 11.6. The second-order valence-corrected chi connectivity index (χ2v) is 9.18. The van der Waals surface area contributed by atoms with Crippen LogP contribution in [0.1, 0.15) is 49.9 Å². The average molecular weight is 464 g/mol. The molecule has 8 heteroatoms.